The minimum absolute atomic E-state index is 0.211. The maximum Gasteiger partial charge on any atom is 0.341 e. The summed E-state index contributed by atoms with van der Waals surface area (Å²) < 4.78 is 19.0. The summed E-state index contributed by atoms with van der Waals surface area (Å²) in [6, 6.07) is 13.2. The van der Waals surface area contributed by atoms with Crippen LogP contribution < -0.4 is 5.32 Å². The van der Waals surface area contributed by atoms with Crippen LogP contribution in [0.4, 0.5) is 4.39 Å². The smallest absolute Gasteiger partial charge is 0.341 e. The van der Waals surface area contributed by atoms with Gasteiger partial charge in [0.05, 0.1) is 11.6 Å². The molecule has 1 unspecified atom stereocenters. The average Bonchev–Trinajstić information content (AvgIpc) is 2.53. The minimum atomic E-state index is -0.877. The second kappa shape index (κ2) is 7.87. The van der Waals surface area contributed by atoms with E-state index in [0.717, 1.165) is 11.6 Å². The van der Waals surface area contributed by atoms with Crippen LogP contribution in [-0.2, 0) is 9.53 Å². The van der Waals surface area contributed by atoms with Gasteiger partial charge in [-0.05, 0) is 30.7 Å². The lowest BCUT2D eigenvalue weighted by atomic mass is 10.1. The number of amides is 1. The van der Waals surface area contributed by atoms with Gasteiger partial charge in [-0.1, -0.05) is 46.3 Å². The summed E-state index contributed by atoms with van der Waals surface area (Å²) in [4.78, 5) is 23.6. The van der Waals surface area contributed by atoms with Gasteiger partial charge in [0.25, 0.3) is 5.91 Å². The van der Waals surface area contributed by atoms with Crippen molar-refractivity contribution in [3.63, 3.8) is 0 Å². The van der Waals surface area contributed by atoms with Crippen molar-refractivity contribution in [1.29, 1.82) is 0 Å². The molecule has 2 aromatic carbocycles. The fraction of sp³-hybridized carbons (Fsp3) is 0.176. The normalized spacial score (nSPS) is 11.6. The molecule has 0 aliphatic heterocycles. The Balaban J connectivity index is 1.88. The van der Waals surface area contributed by atoms with Crippen LogP contribution in [0.3, 0.4) is 0 Å². The molecule has 0 saturated heterocycles. The molecule has 0 spiro atoms. The van der Waals surface area contributed by atoms with Crippen molar-refractivity contribution in [2.24, 2.45) is 0 Å². The maximum atomic E-state index is 13.6. The van der Waals surface area contributed by atoms with Gasteiger partial charge in [0.15, 0.2) is 6.61 Å². The monoisotopic (exact) mass is 379 g/mol. The molecule has 6 heteroatoms. The molecule has 1 amide bonds. The molecule has 120 valence electrons. The van der Waals surface area contributed by atoms with Gasteiger partial charge in [-0.2, -0.15) is 0 Å². The van der Waals surface area contributed by atoms with E-state index in [-0.39, 0.29) is 11.6 Å². The molecule has 4 nitrogen and oxygen atoms in total. The Bertz CT molecular complexity index is 706. The fourth-order valence-electron chi connectivity index (χ4n) is 1.97. The number of halogens is 2. The van der Waals surface area contributed by atoms with E-state index in [1.165, 1.54) is 12.1 Å². The second-order valence-corrected chi connectivity index (χ2v) is 5.82. The van der Waals surface area contributed by atoms with Gasteiger partial charge < -0.3 is 10.1 Å². The Morgan fingerprint density at radius 3 is 2.57 bits per heavy atom. The van der Waals surface area contributed by atoms with Crippen molar-refractivity contribution in [3.05, 3.63) is 69.9 Å². The molecule has 23 heavy (non-hydrogen) atoms. The van der Waals surface area contributed by atoms with E-state index in [1.807, 2.05) is 37.3 Å². The Morgan fingerprint density at radius 2 is 1.91 bits per heavy atom. The number of benzene rings is 2. The van der Waals surface area contributed by atoms with Crippen molar-refractivity contribution >= 4 is 27.8 Å². The average molecular weight is 380 g/mol. The lowest BCUT2D eigenvalue weighted by Gasteiger charge is -2.14. The molecule has 2 rings (SSSR count). The summed E-state index contributed by atoms with van der Waals surface area (Å²) in [5.74, 6) is -2.04. The molecule has 0 fully saturated rings. The molecular weight excluding hydrogens is 365 g/mol. The van der Waals surface area contributed by atoms with Crippen molar-refractivity contribution in [2.45, 2.75) is 13.0 Å². The highest BCUT2D eigenvalue weighted by Crippen LogP contribution is 2.16. The first-order valence-electron chi connectivity index (χ1n) is 6.94. The summed E-state index contributed by atoms with van der Waals surface area (Å²) in [6.07, 6.45) is 0. The van der Waals surface area contributed by atoms with Gasteiger partial charge >= 0.3 is 5.97 Å². The molecule has 0 aliphatic carbocycles. The number of ether oxygens (including phenoxy) is 1. The second-order valence-electron chi connectivity index (χ2n) is 4.90. The van der Waals surface area contributed by atoms with Gasteiger partial charge in [-0.3, -0.25) is 4.79 Å². The lowest BCUT2D eigenvalue weighted by Crippen LogP contribution is -2.31. The summed E-state index contributed by atoms with van der Waals surface area (Å²) in [6.45, 7) is 1.36. The van der Waals surface area contributed by atoms with Crippen LogP contribution in [0, 0.1) is 5.82 Å². The number of rotatable bonds is 5. The third kappa shape index (κ3) is 4.89. The molecular formula is C17H15BrFNO3. The van der Waals surface area contributed by atoms with E-state index >= 15 is 0 Å². The van der Waals surface area contributed by atoms with Gasteiger partial charge in [-0.25, -0.2) is 9.18 Å². The van der Waals surface area contributed by atoms with E-state index in [1.54, 1.807) is 0 Å². The summed E-state index contributed by atoms with van der Waals surface area (Å²) in [5.41, 5.74) is 0.725. The molecule has 0 saturated carbocycles. The van der Waals surface area contributed by atoms with Crippen molar-refractivity contribution in [2.75, 3.05) is 6.61 Å². The van der Waals surface area contributed by atoms with Crippen LogP contribution >= 0.6 is 15.9 Å². The zero-order valence-electron chi connectivity index (χ0n) is 12.4. The van der Waals surface area contributed by atoms with Crippen LogP contribution in [0.2, 0.25) is 0 Å². The van der Waals surface area contributed by atoms with Crippen LogP contribution in [0.5, 0.6) is 0 Å². The predicted molar refractivity (Wildman–Crippen MR) is 87.4 cm³/mol. The van der Waals surface area contributed by atoms with Crippen molar-refractivity contribution in [3.8, 4) is 0 Å². The maximum absolute atomic E-state index is 13.6. The van der Waals surface area contributed by atoms with Crippen molar-refractivity contribution < 1.29 is 18.7 Å². The standard InChI is InChI=1S/C17H15BrFNO3/c1-11(12-5-3-2-4-6-12)20-16(21)10-23-17(22)14-8-7-13(18)9-15(14)19/h2-9,11H,10H2,1H3,(H,20,21). The Labute approximate surface area is 141 Å². The molecule has 1 N–H and O–H groups in total. The molecule has 1 atom stereocenters. The number of nitrogens with one attached hydrogen (secondary N) is 1. The topological polar surface area (TPSA) is 55.4 Å². The van der Waals surface area contributed by atoms with E-state index in [4.69, 9.17) is 4.74 Å². The van der Waals surface area contributed by atoms with Crippen LogP contribution in [-0.4, -0.2) is 18.5 Å². The van der Waals surface area contributed by atoms with Crippen molar-refractivity contribution in [1.82, 2.24) is 5.32 Å². The SMILES string of the molecule is CC(NC(=O)COC(=O)c1ccc(Br)cc1F)c1ccccc1. The zero-order valence-corrected chi connectivity index (χ0v) is 14.0. The highest BCUT2D eigenvalue weighted by molar-refractivity contribution is 9.10. The Morgan fingerprint density at radius 1 is 1.22 bits per heavy atom. The van der Waals surface area contributed by atoms with Gasteiger partial charge in [0.2, 0.25) is 0 Å². The third-order valence-electron chi connectivity index (χ3n) is 3.16. The van der Waals surface area contributed by atoms with Crippen LogP contribution in [0.1, 0.15) is 28.9 Å². The Hall–Kier alpha value is -2.21. The third-order valence-corrected chi connectivity index (χ3v) is 3.66. The van der Waals surface area contributed by atoms with Gasteiger partial charge in [0.1, 0.15) is 5.82 Å². The number of esters is 1. The molecule has 0 aromatic heterocycles. The molecule has 0 heterocycles. The van der Waals surface area contributed by atoms with Crippen LogP contribution in [0.15, 0.2) is 53.0 Å². The van der Waals surface area contributed by atoms with Gasteiger partial charge in [-0.15, -0.1) is 0 Å². The van der Waals surface area contributed by atoms with E-state index in [9.17, 15) is 14.0 Å². The number of hydrogen-bond donors (Lipinski definition) is 1. The minimum Gasteiger partial charge on any atom is -0.452 e. The molecule has 2 aromatic rings. The first-order valence-corrected chi connectivity index (χ1v) is 7.73. The lowest BCUT2D eigenvalue weighted by molar-refractivity contribution is -0.124. The largest absolute Gasteiger partial charge is 0.452 e. The number of carbonyl (C=O) groups is 2. The summed E-state index contributed by atoms with van der Waals surface area (Å²) >= 11 is 3.10. The zero-order chi connectivity index (χ0) is 16.8. The fourth-order valence-corrected chi connectivity index (χ4v) is 2.31. The highest BCUT2D eigenvalue weighted by Gasteiger charge is 2.16. The predicted octanol–water partition coefficient (Wildman–Crippen LogP) is 3.62. The number of hydrogen-bond acceptors (Lipinski definition) is 3. The highest BCUT2D eigenvalue weighted by atomic mass is 79.9. The molecule has 0 radical (unpaired) electrons. The van der Waals surface area contributed by atoms with Crippen LogP contribution in [0.25, 0.3) is 0 Å². The quantitative estimate of drug-likeness (QED) is 0.807. The summed E-state index contributed by atoms with van der Waals surface area (Å²) in [5, 5.41) is 2.71. The van der Waals surface area contributed by atoms with E-state index < -0.39 is 24.3 Å². The van der Waals surface area contributed by atoms with E-state index in [2.05, 4.69) is 21.2 Å². The first-order chi connectivity index (χ1) is 11.0. The summed E-state index contributed by atoms with van der Waals surface area (Å²) in [7, 11) is 0. The first kappa shape index (κ1) is 17.1. The number of carbonyl (C=O) groups excluding carboxylic acids is 2. The van der Waals surface area contributed by atoms with E-state index in [0.29, 0.717) is 4.47 Å². The van der Waals surface area contributed by atoms with Gasteiger partial charge in [0, 0.05) is 4.47 Å². The Kier molecular flexibility index (Phi) is 5.87. The molecule has 0 bridgehead atoms. The molecule has 0 aliphatic rings.